The summed E-state index contributed by atoms with van der Waals surface area (Å²) in [7, 11) is 0. The Bertz CT molecular complexity index is 1060. The van der Waals surface area contributed by atoms with E-state index >= 15 is 0 Å². The molecule has 0 aromatic heterocycles. The molecular weight excluding hydrogens is 418 g/mol. The van der Waals surface area contributed by atoms with Gasteiger partial charge in [-0.25, -0.2) is 0 Å². The number of rotatable bonds is 7. The Morgan fingerprint density at radius 3 is 2.52 bits per heavy atom. The predicted molar refractivity (Wildman–Crippen MR) is 120 cm³/mol. The Morgan fingerprint density at radius 2 is 1.90 bits per heavy atom. The molecule has 0 fully saturated rings. The third-order valence-electron chi connectivity index (χ3n) is 5.14. The number of amides is 1. The highest BCUT2D eigenvalue weighted by molar-refractivity contribution is 6.31. The lowest BCUT2D eigenvalue weighted by molar-refractivity contribution is -0.118. The van der Waals surface area contributed by atoms with E-state index in [1.54, 1.807) is 37.3 Å². The van der Waals surface area contributed by atoms with E-state index in [2.05, 4.69) is 0 Å². The molecule has 0 radical (unpaired) electrons. The maximum atomic E-state index is 13.1. The largest absolute Gasteiger partial charge is 0.504 e. The van der Waals surface area contributed by atoms with Gasteiger partial charge in [0.1, 0.15) is 0 Å². The number of ether oxygens (including phenoxy) is 1. The van der Waals surface area contributed by atoms with Gasteiger partial charge in [-0.05, 0) is 55.2 Å². The quantitative estimate of drug-likeness (QED) is 0.608. The van der Waals surface area contributed by atoms with Gasteiger partial charge in [0.05, 0.1) is 18.2 Å². The van der Waals surface area contributed by atoms with Crippen LogP contribution in [-0.4, -0.2) is 28.5 Å². The number of aryl methyl sites for hydroxylation is 1. The van der Waals surface area contributed by atoms with Crippen molar-refractivity contribution in [3.63, 3.8) is 0 Å². The number of ketones is 1. The van der Waals surface area contributed by atoms with Gasteiger partial charge >= 0.3 is 0 Å². The normalized spacial score (nSPS) is 16.4. The number of phenolic OH excluding ortho intramolecular Hbond substituents is 1. The molecule has 7 heteroatoms. The summed E-state index contributed by atoms with van der Waals surface area (Å²) < 4.78 is 5.49. The summed E-state index contributed by atoms with van der Waals surface area (Å²) in [5.74, 6) is -1.33. The zero-order valence-corrected chi connectivity index (χ0v) is 18.7. The zero-order chi connectivity index (χ0) is 22.9. The summed E-state index contributed by atoms with van der Waals surface area (Å²) in [6.45, 7) is 7.75. The van der Waals surface area contributed by atoms with Crippen molar-refractivity contribution in [2.75, 3.05) is 11.5 Å². The van der Waals surface area contributed by atoms with Crippen LogP contribution >= 0.6 is 11.6 Å². The molecule has 31 heavy (non-hydrogen) atoms. The fourth-order valence-electron chi connectivity index (χ4n) is 3.66. The summed E-state index contributed by atoms with van der Waals surface area (Å²) in [4.78, 5) is 27.5. The Kier molecular flexibility index (Phi) is 6.60. The minimum atomic E-state index is -0.877. The van der Waals surface area contributed by atoms with Crippen LogP contribution in [0.3, 0.4) is 0 Å². The van der Waals surface area contributed by atoms with Gasteiger partial charge < -0.3 is 14.9 Å². The van der Waals surface area contributed by atoms with Gasteiger partial charge in [-0.2, -0.15) is 0 Å². The lowest BCUT2D eigenvalue weighted by Crippen LogP contribution is -2.31. The van der Waals surface area contributed by atoms with Crippen molar-refractivity contribution in [1.82, 2.24) is 0 Å². The Hall–Kier alpha value is -2.99. The van der Waals surface area contributed by atoms with Crippen molar-refractivity contribution >= 4 is 29.0 Å². The number of Topliss-reactive ketones (excluding diaryl/α,β-unsaturated/α-hetero) is 1. The molecule has 1 aliphatic rings. The number of aliphatic hydroxyl groups is 1. The third-order valence-corrected chi connectivity index (χ3v) is 5.54. The maximum absolute atomic E-state index is 13.1. The number of carbonyl (C=O) groups is 2. The number of nitrogens with zero attached hydrogens (tertiary/aromatic N) is 1. The number of hydrogen-bond acceptors (Lipinski definition) is 5. The van der Waals surface area contributed by atoms with Crippen LogP contribution in [-0.2, 0) is 9.59 Å². The number of aromatic hydroxyl groups is 1. The SMILES string of the molecule is CCOc1cc(C2C(C(=O)CC(C)C)=C(O)C(=O)N2c2ccc(C)c(Cl)c2)ccc1O. The number of benzene rings is 2. The van der Waals surface area contributed by atoms with Crippen LogP contribution in [0.1, 0.15) is 44.4 Å². The molecule has 2 N–H and O–H groups in total. The van der Waals surface area contributed by atoms with Gasteiger partial charge in [0.2, 0.25) is 0 Å². The second-order valence-corrected chi connectivity index (χ2v) is 8.36. The number of hydrogen-bond donors (Lipinski definition) is 2. The Morgan fingerprint density at radius 1 is 1.19 bits per heavy atom. The van der Waals surface area contributed by atoms with Crippen molar-refractivity contribution in [3.8, 4) is 11.5 Å². The monoisotopic (exact) mass is 443 g/mol. The number of phenols is 1. The fourth-order valence-corrected chi connectivity index (χ4v) is 3.83. The highest BCUT2D eigenvalue weighted by Crippen LogP contribution is 2.44. The molecule has 1 heterocycles. The first kappa shape index (κ1) is 22.7. The van der Waals surface area contributed by atoms with Gasteiger partial charge in [0.25, 0.3) is 5.91 Å². The van der Waals surface area contributed by atoms with Crippen molar-refractivity contribution in [3.05, 3.63) is 63.9 Å². The van der Waals surface area contributed by atoms with Crippen molar-refractivity contribution in [2.45, 2.75) is 40.2 Å². The average Bonchev–Trinajstić information content (AvgIpc) is 2.96. The fraction of sp³-hybridized carbons (Fsp3) is 0.333. The summed E-state index contributed by atoms with van der Waals surface area (Å²) in [5.41, 5.74) is 1.85. The summed E-state index contributed by atoms with van der Waals surface area (Å²) >= 11 is 6.29. The minimum Gasteiger partial charge on any atom is -0.504 e. The molecule has 2 aromatic rings. The van der Waals surface area contributed by atoms with Crippen LogP contribution in [0.4, 0.5) is 5.69 Å². The van der Waals surface area contributed by atoms with E-state index in [0.29, 0.717) is 22.9 Å². The molecule has 0 saturated heterocycles. The second kappa shape index (κ2) is 9.02. The smallest absolute Gasteiger partial charge is 0.294 e. The first-order valence-electron chi connectivity index (χ1n) is 10.2. The van der Waals surface area contributed by atoms with E-state index in [1.807, 2.05) is 20.8 Å². The second-order valence-electron chi connectivity index (χ2n) is 7.95. The van der Waals surface area contributed by atoms with Crippen molar-refractivity contribution in [2.24, 2.45) is 5.92 Å². The van der Waals surface area contributed by atoms with Crippen LogP contribution in [0.5, 0.6) is 11.5 Å². The summed E-state index contributed by atoms with van der Waals surface area (Å²) in [5, 5.41) is 21.3. The maximum Gasteiger partial charge on any atom is 0.294 e. The van der Waals surface area contributed by atoms with Gasteiger partial charge in [0.15, 0.2) is 23.0 Å². The first-order valence-corrected chi connectivity index (χ1v) is 10.5. The minimum absolute atomic E-state index is 0.0311. The highest BCUT2D eigenvalue weighted by atomic mass is 35.5. The van der Waals surface area contributed by atoms with Gasteiger partial charge in [-0.1, -0.05) is 37.6 Å². The van der Waals surface area contributed by atoms with Crippen molar-refractivity contribution < 1.29 is 24.5 Å². The Labute approximate surface area is 186 Å². The van der Waals surface area contributed by atoms with E-state index in [0.717, 1.165) is 5.56 Å². The van der Waals surface area contributed by atoms with Crippen molar-refractivity contribution in [1.29, 1.82) is 0 Å². The number of aliphatic hydroxyl groups excluding tert-OH is 1. The molecule has 1 amide bonds. The number of anilines is 1. The van der Waals surface area contributed by atoms with E-state index in [1.165, 1.54) is 11.0 Å². The van der Waals surface area contributed by atoms with Gasteiger partial charge in [-0.3, -0.25) is 14.5 Å². The molecule has 164 valence electrons. The molecule has 0 bridgehead atoms. The third kappa shape index (κ3) is 4.39. The van der Waals surface area contributed by atoms with Crippen LogP contribution in [0, 0.1) is 12.8 Å². The van der Waals surface area contributed by atoms with Crippen LogP contribution in [0.25, 0.3) is 0 Å². The molecule has 0 saturated carbocycles. The number of carbonyl (C=O) groups excluding carboxylic acids is 2. The standard InChI is InChI=1S/C24H26ClNO5/c1-5-31-20-11-15(7-9-18(20)27)22-21(19(28)10-13(2)3)23(29)24(30)26(22)16-8-6-14(4)17(25)12-16/h6-9,11-13,22,27,29H,5,10H2,1-4H3. The molecule has 1 aliphatic heterocycles. The van der Waals surface area contributed by atoms with E-state index < -0.39 is 17.7 Å². The van der Waals surface area contributed by atoms with Crippen LogP contribution in [0.2, 0.25) is 5.02 Å². The molecular formula is C24H26ClNO5. The van der Waals surface area contributed by atoms with E-state index in [-0.39, 0.29) is 35.2 Å². The first-order chi connectivity index (χ1) is 14.6. The van der Waals surface area contributed by atoms with Crippen LogP contribution < -0.4 is 9.64 Å². The van der Waals surface area contributed by atoms with Gasteiger partial charge in [0, 0.05) is 17.1 Å². The zero-order valence-electron chi connectivity index (χ0n) is 18.0. The van der Waals surface area contributed by atoms with E-state index in [4.69, 9.17) is 16.3 Å². The molecule has 2 aromatic carbocycles. The number of halogens is 1. The highest BCUT2D eigenvalue weighted by Gasteiger charge is 2.44. The van der Waals surface area contributed by atoms with Gasteiger partial charge in [-0.15, -0.1) is 0 Å². The van der Waals surface area contributed by atoms with Crippen LogP contribution in [0.15, 0.2) is 47.7 Å². The lowest BCUT2D eigenvalue weighted by atomic mass is 9.91. The molecule has 0 aliphatic carbocycles. The summed E-state index contributed by atoms with van der Waals surface area (Å²) in [6.07, 6.45) is 0.183. The molecule has 1 unspecified atom stereocenters. The predicted octanol–water partition coefficient (Wildman–Crippen LogP) is 5.27. The average molecular weight is 444 g/mol. The molecule has 6 nitrogen and oxygen atoms in total. The lowest BCUT2D eigenvalue weighted by Gasteiger charge is -2.28. The molecule has 1 atom stereocenters. The Balaban J connectivity index is 2.19. The molecule has 3 rings (SSSR count). The molecule has 0 spiro atoms. The van der Waals surface area contributed by atoms with E-state index in [9.17, 15) is 19.8 Å². The summed E-state index contributed by atoms with van der Waals surface area (Å²) in [6, 6.07) is 8.90. The topological polar surface area (TPSA) is 87.1 Å².